The van der Waals surface area contributed by atoms with Crippen molar-refractivity contribution in [3.63, 3.8) is 0 Å². The van der Waals surface area contributed by atoms with Crippen LogP contribution in [0.25, 0.3) is 0 Å². The molecule has 21 heavy (non-hydrogen) atoms. The fraction of sp³-hybridized carbons (Fsp3) is 0.294. The number of pyridine rings is 1. The summed E-state index contributed by atoms with van der Waals surface area (Å²) in [6.45, 7) is 4.57. The maximum atomic E-state index is 12.0. The maximum Gasteiger partial charge on any atom is 0.251 e. The molecule has 0 saturated carbocycles. The minimum absolute atomic E-state index is 0.103. The quantitative estimate of drug-likeness (QED) is 0.886. The van der Waals surface area contributed by atoms with Crippen LogP contribution in [0.1, 0.15) is 36.2 Å². The van der Waals surface area contributed by atoms with E-state index in [0.29, 0.717) is 12.1 Å². The highest BCUT2D eigenvalue weighted by Crippen LogP contribution is 2.15. The Balaban J connectivity index is 1.90. The first-order chi connectivity index (χ1) is 10.2. The Kier molecular flexibility index (Phi) is 5.32. The topological polar surface area (TPSA) is 51.2 Å². The van der Waals surface area contributed by atoms with Crippen molar-refractivity contribution < 1.29 is 9.53 Å². The van der Waals surface area contributed by atoms with Gasteiger partial charge in [0.1, 0.15) is 5.75 Å². The van der Waals surface area contributed by atoms with E-state index in [1.807, 2.05) is 31.2 Å². The number of hydrogen-bond acceptors (Lipinski definition) is 3. The number of rotatable bonds is 6. The molecule has 1 heterocycles. The van der Waals surface area contributed by atoms with Crippen molar-refractivity contribution in [3.05, 3.63) is 59.9 Å². The molecule has 0 bridgehead atoms. The smallest absolute Gasteiger partial charge is 0.251 e. The second kappa shape index (κ2) is 7.43. The van der Waals surface area contributed by atoms with Crippen LogP contribution in [0.15, 0.2) is 48.8 Å². The van der Waals surface area contributed by atoms with Gasteiger partial charge in [0.2, 0.25) is 0 Å². The van der Waals surface area contributed by atoms with Crippen LogP contribution in [0.4, 0.5) is 0 Å². The molecule has 110 valence electrons. The number of carbonyl (C=O) groups is 1. The highest BCUT2D eigenvalue weighted by molar-refractivity contribution is 5.94. The molecule has 0 aliphatic rings. The Bertz CT molecular complexity index is 567. The summed E-state index contributed by atoms with van der Waals surface area (Å²) >= 11 is 0. The van der Waals surface area contributed by atoms with Crippen molar-refractivity contribution in [2.24, 2.45) is 0 Å². The summed E-state index contributed by atoms with van der Waals surface area (Å²) in [5.74, 6) is 0.683. The van der Waals surface area contributed by atoms with Gasteiger partial charge in [-0.25, -0.2) is 0 Å². The first kappa shape index (κ1) is 15.0. The third-order valence-electron chi connectivity index (χ3n) is 3.20. The Morgan fingerprint density at radius 2 is 2.05 bits per heavy atom. The van der Waals surface area contributed by atoms with Crippen LogP contribution in [-0.2, 0) is 6.54 Å². The fourth-order valence-electron chi connectivity index (χ4n) is 1.79. The predicted octanol–water partition coefficient (Wildman–Crippen LogP) is 3.19. The van der Waals surface area contributed by atoms with E-state index in [9.17, 15) is 4.79 Å². The van der Waals surface area contributed by atoms with Crippen molar-refractivity contribution in [2.45, 2.75) is 32.9 Å². The summed E-state index contributed by atoms with van der Waals surface area (Å²) in [6.07, 6.45) is 4.58. The lowest BCUT2D eigenvalue weighted by Crippen LogP contribution is -2.22. The van der Waals surface area contributed by atoms with Crippen LogP contribution < -0.4 is 10.1 Å². The number of aromatic nitrogens is 1. The van der Waals surface area contributed by atoms with Gasteiger partial charge in [-0.2, -0.15) is 0 Å². The molecule has 2 aromatic rings. The highest BCUT2D eigenvalue weighted by atomic mass is 16.5. The molecule has 1 amide bonds. The van der Waals surface area contributed by atoms with Gasteiger partial charge in [-0.1, -0.05) is 13.0 Å². The lowest BCUT2D eigenvalue weighted by Gasteiger charge is -2.12. The first-order valence-electron chi connectivity index (χ1n) is 7.13. The molecule has 1 aromatic carbocycles. The van der Waals surface area contributed by atoms with E-state index in [2.05, 4.69) is 17.2 Å². The zero-order valence-corrected chi connectivity index (χ0v) is 12.4. The second-order valence-corrected chi connectivity index (χ2v) is 4.91. The molecule has 4 nitrogen and oxygen atoms in total. The van der Waals surface area contributed by atoms with E-state index in [1.165, 1.54) is 0 Å². The summed E-state index contributed by atoms with van der Waals surface area (Å²) in [5, 5.41) is 2.87. The van der Waals surface area contributed by atoms with Gasteiger partial charge < -0.3 is 10.1 Å². The minimum atomic E-state index is -0.103. The standard InChI is InChI=1S/C17H20N2O2/c1-3-13(2)21-16-8-6-15(7-9-16)17(20)19-12-14-5-4-10-18-11-14/h4-11,13H,3,12H2,1-2H3,(H,19,20)/t13-/m1/s1. The molecule has 0 spiro atoms. The van der Waals surface area contributed by atoms with Gasteiger partial charge in [-0.15, -0.1) is 0 Å². The lowest BCUT2D eigenvalue weighted by molar-refractivity contribution is 0.0951. The Labute approximate surface area is 125 Å². The van der Waals surface area contributed by atoms with E-state index in [-0.39, 0.29) is 12.0 Å². The van der Waals surface area contributed by atoms with Crippen molar-refractivity contribution >= 4 is 5.91 Å². The van der Waals surface area contributed by atoms with Crippen LogP contribution in [0.3, 0.4) is 0 Å². The van der Waals surface area contributed by atoms with Gasteiger partial charge in [0, 0.05) is 24.5 Å². The van der Waals surface area contributed by atoms with Gasteiger partial charge in [0.15, 0.2) is 0 Å². The number of nitrogens with one attached hydrogen (secondary N) is 1. The summed E-state index contributed by atoms with van der Waals surface area (Å²) in [6, 6.07) is 11.0. The first-order valence-corrected chi connectivity index (χ1v) is 7.13. The molecule has 1 atom stereocenters. The average molecular weight is 284 g/mol. The molecule has 0 aliphatic carbocycles. The average Bonchev–Trinajstić information content (AvgIpc) is 2.54. The SMILES string of the molecule is CC[C@@H](C)Oc1ccc(C(=O)NCc2cccnc2)cc1. The monoisotopic (exact) mass is 284 g/mol. The summed E-state index contributed by atoms with van der Waals surface area (Å²) in [4.78, 5) is 16.1. The van der Waals surface area contributed by atoms with E-state index >= 15 is 0 Å². The van der Waals surface area contributed by atoms with E-state index in [0.717, 1.165) is 17.7 Å². The van der Waals surface area contributed by atoms with Crippen molar-refractivity contribution in [1.29, 1.82) is 0 Å². The number of hydrogen-bond donors (Lipinski definition) is 1. The highest BCUT2D eigenvalue weighted by Gasteiger charge is 2.06. The largest absolute Gasteiger partial charge is 0.491 e. The Hall–Kier alpha value is -2.36. The molecular weight excluding hydrogens is 264 g/mol. The van der Waals surface area contributed by atoms with Gasteiger partial charge in [0.25, 0.3) is 5.91 Å². The van der Waals surface area contributed by atoms with E-state index in [1.54, 1.807) is 24.5 Å². The van der Waals surface area contributed by atoms with Crippen LogP contribution in [0.2, 0.25) is 0 Å². The van der Waals surface area contributed by atoms with Crippen LogP contribution >= 0.6 is 0 Å². The van der Waals surface area contributed by atoms with Crippen LogP contribution in [-0.4, -0.2) is 17.0 Å². The Morgan fingerprint density at radius 3 is 2.67 bits per heavy atom. The molecule has 1 N–H and O–H groups in total. The van der Waals surface area contributed by atoms with E-state index in [4.69, 9.17) is 4.74 Å². The third kappa shape index (κ3) is 4.60. The number of amides is 1. The molecular formula is C17H20N2O2. The molecule has 0 radical (unpaired) electrons. The molecule has 1 aromatic heterocycles. The predicted molar refractivity (Wildman–Crippen MR) is 82.2 cm³/mol. The van der Waals surface area contributed by atoms with Crippen LogP contribution in [0, 0.1) is 0 Å². The number of ether oxygens (including phenoxy) is 1. The normalized spacial score (nSPS) is 11.7. The van der Waals surface area contributed by atoms with Crippen LogP contribution in [0.5, 0.6) is 5.75 Å². The van der Waals surface area contributed by atoms with E-state index < -0.39 is 0 Å². The fourth-order valence-corrected chi connectivity index (χ4v) is 1.79. The minimum Gasteiger partial charge on any atom is -0.491 e. The molecule has 4 heteroatoms. The maximum absolute atomic E-state index is 12.0. The lowest BCUT2D eigenvalue weighted by atomic mass is 10.2. The van der Waals surface area contributed by atoms with Gasteiger partial charge >= 0.3 is 0 Å². The van der Waals surface area contributed by atoms with Gasteiger partial charge in [-0.05, 0) is 49.2 Å². The Morgan fingerprint density at radius 1 is 1.29 bits per heavy atom. The van der Waals surface area contributed by atoms with Gasteiger partial charge in [0.05, 0.1) is 6.10 Å². The molecule has 0 fully saturated rings. The molecule has 0 saturated heterocycles. The number of nitrogens with zero attached hydrogens (tertiary/aromatic N) is 1. The molecule has 0 unspecified atom stereocenters. The summed E-state index contributed by atoms with van der Waals surface area (Å²) in [5.41, 5.74) is 1.60. The number of carbonyl (C=O) groups excluding carboxylic acids is 1. The second-order valence-electron chi connectivity index (χ2n) is 4.91. The van der Waals surface area contributed by atoms with Crippen molar-refractivity contribution in [3.8, 4) is 5.75 Å². The van der Waals surface area contributed by atoms with Crippen molar-refractivity contribution in [2.75, 3.05) is 0 Å². The van der Waals surface area contributed by atoms with Crippen molar-refractivity contribution in [1.82, 2.24) is 10.3 Å². The van der Waals surface area contributed by atoms with Gasteiger partial charge in [-0.3, -0.25) is 9.78 Å². The third-order valence-corrected chi connectivity index (χ3v) is 3.20. The zero-order valence-electron chi connectivity index (χ0n) is 12.4. The molecule has 2 rings (SSSR count). The molecule has 0 aliphatic heterocycles. The zero-order chi connectivity index (χ0) is 15.1. The summed E-state index contributed by atoms with van der Waals surface area (Å²) in [7, 11) is 0. The summed E-state index contributed by atoms with van der Waals surface area (Å²) < 4.78 is 5.69. The number of benzene rings is 1.